The summed E-state index contributed by atoms with van der Waals surface area (Å²) in [5, 5.41) is 9.48. The average Bonchev–Trinajstić information content (AvgIpc) is 2.84. The fourth-order valence-corrected chi connectivity index (χ4v) is 3.23. The van der Waals surface area contributed by atoms with E-state index < -0.39 is 11.9 Å². The summed E-state index contributed by atoms with van der Waals surface area (Å²) in [6.07, 6.45) is 1.58. The summed E-state index contributed by atoms with van der Waals surface area (Å²) in [5.74, 6) is -1.20. The van der Waals surface area contributed by atoms with Gasteiger partial charge in [0.15, 0.2) is 0 Å². The Kier molecular flexibility index (Phi) is 4.38. The highest BCUT2D eigenvalue weighted by Gasteiger charge is 2.22. The van der Waals surface area contributed by atoms with Gasteiger partial charge in [-0.25, -0.2) is 0 Å². The average molecular weight is 274 g/mol. The molecule has 1 N–H and O–H groups in total. The predicted molar refractivity (Wildman–Crippen MR) is 79.0 cm³/mol. The van der Waals surface area contributed by atoms with Crippen LogP contribution in [0.3, 0.4) is 0 Å². The monoisotopic (exact) mass is 274 g/mol. The molecule has 2 nitrogen and oxygen atoms in total. The quantitative estimate of drug-likeness (QED) is 0.893. The lowest BCUT2D eigenvalue weighted by Gasteiger charge is -2.14. The molecule has 0 aliphatic heterocycles. The minimum Gasteiger partial charge on any atom is -0.481 e. The van der Waals surface area contributed by atoms with E-state index in [1.807, 2.05) is 31.2 Å². The molecule has 2 aromatic rings. The zero-order valence-electron chi connectivity index (χ0n) is 11.2. The second-order valence-electron chi connectivity index (χ2n) is 4.67. The van der Waals surface area contributed by atoms with Gasteiger partial charge in [0.05, 0.1) is 5.92 Å². The Hall–Kier alpha value is -1.61. The van der Waals surface area contributed by atoms with Crippen molar-refractivity contribution in [1.29, 1.82) is 0 Å². The number of aryl methyl sites for hydroxylation is 2. The van der Waals surface area contributed by atoms with Crippen LogP contribution in [0.25, 0.3) is 0 Å². The standard InChI is InChI=1S/C16H18O2S/c1-3-12-8-9-13(19-12)10-15(16(17)18)14-7-5-4-6-11(14)2/h4-9,15H,3,10H2,1-2H3,(H,17,18). The van der Waals surface area contributed by atoms with Gasteiger partial charge in [0, 0.05) is 9.75 Å². The van der Waals surface area contributed by atoms with Gasteiger partial charge in [-0.05, 0) is 43.0 Å². The van der Waals surface area contributed by atoms with Crippen molar-refractivity contribution in [2.45, 2.75) is 32.6 Å². The summed E-state index contributed by atoms with van der Waals surface area (Å²) >= 11 is 1.72. The van der Waals surface area contributed by atoms with E-state index in [1.54, 1.807) is 11.3 Å². The molecule has 19 heavy (non-hydrogen) atoms. The zero-order chi connectivity index (χ0) is 13.8. The maximum Gasteiger partial charge on any atom is 0.311 e. The first kappa shape index (κ1) is 13.8. The van der Waals surface area contributed by atoms with Gasteiger partial charge in [0.2, 0.25) is 0 Å². The van der Waals surface area contributed by atoms with E-state index in [9.17, 15) is 9.90 Å². The van der Waals surface area contributed by atoms with E-state index in [4.69, 9.17) is 0 Å². The highest BCUT2D eigenvalue weighted by atomic mass is 32.1. The molecule has 0 radical (unpaired) electrons. The smallest absolute Gasteiger partial charge is 0.311 e. The third-order valence-corrected chi connectivity index (χ3v) is 4.58. The molecule has 1 aromatic heterocycles. The van der Waals surface area contributed by atoms with Crippen molar-refractivity contribution >= 4 is 17.3 Å². The van der Waals surface area contributed by atoms with Crippen LogP contribution in [0.15, 0.2) is 36.4 Å². The molecule has 0 aliphatic carbocycles. The van der Waals surface area contributed by atoms with Crippen molar-refractivity contribution in [2.24, 2.45) is 0 Å². The SMILES string of the molecule is CCc1ccc(CC(C(=O)O)c2ccccc2C)s1. The Morgan fingerprint density at radius 3 is 2.47 bits per heavy atom. The van der Waals surface area contributed by atoms with Crippen LogP contribution in [-0.4, -0.2) is 11.1 Å². The van der Waals surface area contributed by atoms with E-state index in [0.29, 0.717) is 6.42 Å². The lowest BCUT2D eigenvalue weighted by atomic mass is 9.91. The Balaban J connectivity index is 2.26. The minimum absolute atomic E-state index is 0.454. The predicted octanol–water partition coefficient (Wildman–Crippen LogP) is 4.03. The van der Waals surface area contributed by atoms with Crippen LogP contribution in [0, 0.1) is 6.92 Å². The molecule has 0 saturated heterocycles. The first-order valence-electron chi connectivity index (χ1n) is 6.47. The normalized spacial score (nSPS) is 12.3. The molecule has 0 fully saturated rings. The van der Waals surface area contributed by atoms with Gasteiger partial charge in [-0.3, -0.25) is 4.79 Å². The highest BCUT2D eigenvalue weighted by molar-refractivity contribution is 7.12. The van der Waals surface area contributed by atoms with Crippen LogP contribution in [-0.2, 0) is 17.6 Å². The molecule has 0 saturated carbocycles. The van der Waals surface area contributed by atoms with E-state index in [1.165, 1.54) is 4.88 Å². The van der Waals surface area contributed by atoms with Crippen LogP contribution in [0.5, 0.6) is 0 Å². The molecule has 0 spiro atoms. The third kappa shape index (κ3) is 3.24. The molecule has 2 rings (SSSR count). The number of benzene rings is 1. The summed E-state index contributed by atoms with van der Waals surface area (Å²) in [5.41, 5.74) is 1.96. The van der Waals surface area contributed by atoms with E-state index >= 15 is 0 Å². The minimum atomic E-state index is -0.749. The molecule has 100 valence electrons. The highest BCUT2D eigenvalue weighted by Crippen LogP contribution is 2.27. The van der Waals surface area contributed by atoms with Gasteiger partial charge in [0.25, 0.3) is 0 Å². The second-order valence-corrected chi connectivity index (χ2v) is 5.93. The number of rotatable bonds is 5. The second kappa shape index (κ2) is 6.02. The van der Waals surface area contributed by atoms with E-state index in [2.05, 4.69) is 19.1 Å². The topological polar surface area (TPSA) is 37.3 Å². The zero-order valence-corrected chi connectivity index (χ0v) is 12.0. The first-order valence-corrected chi connectivity index (χ1v) is 7.29. The van der Waals surface area contributed by atoms with Crippen molar-refractivity contribution in [2.75, 3.05) is 0 Å². The van der Waals surface area contributed by atoms with Gasteiger partial charge in [-0.1, -0.05) is 31.2 Å². The van der Waals surface area contributed by atoms with Crippen molar-refractivity contribution < 1.29 is 9.90 Å². The Labute approximate surface area is 117 Å². The Bertz CT molecular complexity index is 572. The summed E-state index contributed by atoms with van der Waals surface area (Å²) in [6, 6.07) is 11.9. The van der Waals surface area contributed by atoms with Crippen molar-refractivity contribution in [3.05, 3.63) is 57.3 Å². The maximum absolute atomic E-state index is 11.5. The molecule has 0 amide bonds. The number of carboxylic acids is 1. The molecule has 1 heterocycles. The number of thiophene rings is 1. The largest absolute Gasteiger partial charge is 0.481 e. The lowest BCUT2D eigenvalue weighted by Crippen LogP contribution is -2.15. The first-order chi connectivity index (χ1) is 9.11. The summed E-state index contributed by atoms with van der Waals surface area (Å²) < 4.78 is 0. The number of aliphatic carboxylic acids is 1. The Morgan fingerprint density at radius 1 is 1.21 bits per heavy atom. The van der Waals surface area contributed by atoms with Gasteiger partial charge < -0.3 is 5.11 Å². The summed E-state index contributed by atoms with van der Waals surface area (Å²) in [6.45, 7) is 4.09. The third-order valence-electron chi connectivity index (χ3n) is 3.33. The molecular formula is C16H18O2S. The molecular weight excluding hydrogens is 256 g/mol. The maximum atomic E-state index is 11.5. The summed E-state index contributed by atoms with van der Waals surface area (Å²) in [4.78, 5) is 14.0. The number of carboxylic acid groups (broad SMARTS) is 1. The van der Waals surface area contributed by atoms with Gasteiger partial charge >= 0.3 is 5.97 Å². The van der Waals surface area contributed by atoms with Crippen LogP contribution < -0.4 is 0 Å². The Morgan fingerprint density at radius 2 is 1.89 bits per heavy atom. The van der Waals surface area contributed by atoms with Crippen molar-refractivity contribution in [3.8, 4) is 0 Å². The van der Waals surface area contributed by atoms with Gasteiger partial charge in [-0.15, -0.1) is 11.3 Å². The van der Waals surface area contributed by atoms with E-state index in [0.717, 1.165) is 22.4 Å². The molecule has 1 unspecified atom stereocenters. The molecule has 0 aliphatic rings. The number of hydrogen-bond acceptors (Lipinski definition) is 2. The molecule has 1 aromatic carbocycles. The summed E-state index contributed by atoms with van der Waals surface area (Å²) in [7, 11) is 0. The molecule has 0 bridgehead atoms. The molecule has 1 atom stereocenters. The van der Waals surface area contributed by atoms with E-state index in [-0.39, 0.29) is 0 Å². The van der Waals surface area contributed by atoms with Crippen molar-refractivity contribution in [1.82, 2.24) is 0 Å². The van der Waals surface area contributed by atoms with Crippen molar-refractivity contribution in [3.63, 3.8) is 0 Å². The van der Waals surface area contributed by atoms with Crippen LogP contribution >= 0.6 is 11.3 Å². The van der Waals surface area contributed by atoms with Crippen LogP contribution in [0.4, 0.5) is 0 Å². The molecule has 3 heteroatoms. The number of hydrogen-bond donors (Lipinski definition) is 1. The number of carbonyl (C=O) groups is 1. The van der Waals surface area contributed by atoms with Crippen LogP contribution in [0.1, 0.15) is 33.7 Å². The van der Waals surface area contributed by atoms with Gasteiger partial charge in [0.1, 0.15) is 0 Å². The fourth-order valence-electron chi connectivity index (χ4n) is 2.23. The fraction of sp³-hybridized carbons (Fsp3) is 0.312. The van der Waals surface area contributed by atoms with Crippen LogP contribution in [0.2, 0.25) is 0 Å². The lowest BCUT2D eigenvalue weighted by molar-refractivity contribution is -0.138. The van der Waals surface area contributed by atoms with Gasteiger partial charge in [-0.2, -0.15) is 0 Å².